The molecule has 0 bridgehead atoms. The van der Waals surface area contributed by atoms with Gasteiger partial charge in [0.1, 0.15) is 0 Å². The van der Waals surface area contributed by atoms with Crippen molar-refractivity contribution in [3.05, 3.63) is 0 Å². The van der Waals surface area contributed by atoms with Crippen LogP contribution in [0.25, 0.3) is 0 Å². The van der Waals surface area contributed by atoms with Crippen LogP contribution in [0.5, 0.6) is 0 Å². The second kappa shape index (κ2) is 6.28. The molecule has 1 N–H and O–H groups in total. The van der Waals surface area contributed by atoms with E-state index in [9.17, 15) is 13.2 Å². The van der Waals surface area contributed by atoms with Crippen molar-refractivity contribution in [3.63, 3.8) is 0 Å². The summed E-state index contributed by atoms with van der Waals surface area (Å²) in [4.78, 5) is 13.9. The van der Waals surface area contributed by atoms with Crippen molar-refractivity contribution in [2.24, 2.45) is 0 Å². The van der Waals surface area contributed by atoms with Crippen molar-refractivity contribution in [1.82, 2.24) is 14.5 Å². The highest BCUT2D eigenvalue weighted by Gasteiger charge is 2.29. The van der Waals surface area contributed by atoms with E-state index in [0.717, 1.165) is 12.8 Å². The summed E-state index contributed by atoms with van der Waals surface area (Å²) in [7, 11) is -3.18. The van der Waals surface area contributed by atoms with Crippen molar-refractivity contribution < 1.29 is 17.9 Å². The zero-order valence-electron chi connectivity index (χ0n) is 12.0. The number of ether oxygens (including phenoxy) is 1. The topological polar surface area (TPSA) is 79.0 Å². The maximum atomic E-state index is 12.2. The molecule has 0 spiro atoms. The lowest BCUT2D eigenvalue weighted by atomic mass is 10.1. The Morgan fingerprint density at radius 2 is 2.05 bits per heavy atom. The Bertz CT molecular complexity index is 454. The van der Waals surface area contributed by atoms with E-state index >= 15 is 0 Å². The molecule has 0 aromatic carbocycles. The quantitative estimate of drug-likeness (QED) is 0.769. The van der Waals surface area contributed by atoms with E-state index in [-0.39, 0.29) is 18.2 Å². The molecule has 2 unspecified atom stereocenters. The molecule has 0 saturated carbocycles. The van der Waals surface area contributed by atoms with Crippen LogP contribution in [0.1, 0.15) is 19.8 Å². The summed E-state index contributed by atoms with van der Waals surface area (Å²) in [6.45, 7) is 4.55. The number of rotatable bonds is 2. The Morgan fingerprint density at radius 3 is 2.70 bits per heavy atom. The summed E-state index contributed by atoms with van der Waals surface area (Å²) in [6.07, 6.45) is 2.85. The van der Waals surface area contributed by atoms with E-state index in [4.69, 9.17) is 4.74 Å². The van der Waals surface area contributed by atoms with E-state index in [0.29, 0.717) is 32.8 Å². The van der Waals surface area contributed by atoms with Crippen LogP contribution in [0.15, 0.2) is 0 Å². The van der Waals surface area contributed by atoms with Crippen LogP contribution < -0.4 is 5.32 Å². The third-order valence-electron chi connectivity index (χ3n) is 3.71. The van der Waals surface area contributed by atoms with Crippen LogP contribution in [-0.2, 0) is 14.8 Å². The van der Waals surface area contributed by atoms with Gasteiger partial charge < -0.3 is 15.0 Å². The molecule has 0 radical (unpaired) electrons. The summed E-state index contributed by atoms with van der Waals surface area (Å²) in [5.74, 6) is 0. The minimum atomic E-state index is -3.18. The number of amides is 2. The Morgan fingerprint density at radius 1 is 1.30 bits per heavy atom. The van der Waals surface area contributed by atoms with Crippen LogP contribution in [-0.4, -0.2) is 74.8 Å². The largest absolute Gasteiger partial charge is 0.375 e. The molecule has 0 aliphatic carbocycles. The molecule has 2 heterocycles. The van der Waals surface area contributed by atoms with Gasteiger partial charge in [-0.1, -0.05) is 0 Å². The van der Waals surface area contributed by atoms with E-state index in [1.54, 1.807) is 4.90 Å². The first-order valence-corrected chi connectivity index (χ1v) is 8.83. The molecule has 2 saturated heterocycles. The molecule has 7 nitrogen and oxygen atoms in total. The normalized spacial score (nSPS) is 29.2. The Kier molecular flexibility index (Phi) is 4.87. The fourth-order valence-electron chi connectivity index (χ4n) is 2.63. The van der Waals surface area contributed by atoms with Crippen LogP contribution in [0, 0.1) is 0 Å². The van der Waals surface area contributed by atoms with Gasteiger partial charge in [-0.2, -0.15) is 0 Å². The molecule has 8 heteroatoms. The summed E-state index contributed by atoms with van der Waals surface area (Å²) in [5.41, 5.74) is 0. The molecule has 2 rings (SSSR count). The number of carbonyl (C=O) groups excluding carboxylic acids is 1. The van der Waals surface area contributed by atoms with Gasteiger partial charge in [0.25, 0.3) is 0 Å². The van der Waals surface area contributed by atoms with Crippen molar-refractivity contribution in [2.75, 3.05) is 39.0 Å². The second-order valence-electron chi connectivity index (χ2n) is 5.54. The number of carbonyl (C=O) groups is 1. The molecule has 0 aromatic heterocycles. The Balaban J connectivity index is 1.87. The van der Waals surface area contributed by atoms with Crippen molar-refractivity contribution in [2.45, 2.75) is 31.9 Å². The fourth-order valence-corrected chi connectivity index (χ4v) is 3.54. The van der Waals surface area contributed by atoms with E-state index in [1.165, 1.54) is 10.6 Å². The number of hydrogen-bond acceptors (Lipinski definition) is 4. The second-order valence-corrected chi connectivity index (χ2v) is 7.52. The number of nitrogens with one attached hydrogen (secondary N) is 1. The smallest absolute Gasteiger partial charge is 0.317 e. The van der Waals surface area contributed by atoms with Gasteiger partial charge in [-0.05, 0) is 19.8 Å². The number of piperidine rings is 1. The third kappa shape index (κ3) is 4.07. The Labute approximate surface area is 120 Å². The molecular weight excluding hydrogens is 282 g/mol. The van der Waals surface area contributed by atoms with Gasteiger partial charge in [-0.15, -0.1) is 0 Å². The highest BCUT2D eigenvalue weighted by atomic mass is 32.2. The first-order chi connectivity index (χ1) is 9.36. The van der Waals surface area contributed by atoms with Gasteiger partial charge in [0.15, 0.2) is 0 Å². The van der Waals surface area contributed by atoms with E-state index in [2.05, 4.69) is 5.32 Å². The van der Waals surface area contributed by atoms with Gasteiger partial charge >= 0.3 is 6.03 Å². The summed E-state index contributed by atoms with van der Waals surface area (Å²) < 4.78 is 29.9. The van der Waals surface area contributed by atoms with E-state index < -0.39 is 10.0 Å². The molecule has 116 valence electrons. The zero-order valence-corrected chi connectivity index (χ0v) is 12.9. The molecule has 2 atom stereocenters. The average Bonchev–Trinajstić information content (AvgIpc) is 2.38. The molecule has 20 heavy (non-hydrogen) atoms. The number of urea groups is 1. The summed E-state index contributed by atoms with van der Waals surface area (Å²) >= 11 is 0. The van der Waals surface area contributed by atoms with E-state index in [1.807, 2.05) is 6.92 Å². The monoisotopic (exact) mass is 305 g/mol. The maximum Gasteiger partial charge on any atom is 0.317 e. The first-order valence-electron chi connectivity index (χ1n) is 6.98. The lowest BCUT2D eigenvalue weighted by Crippen LogP contribution is -2.55. The summed E-state index contributed by atoms with van der Waals surface area (Å²) in [5, 5.41) is 2.94. The molecule has 2 aliphatic heterocycles. The molecular formula is C12H23N3O4S. The predicted octanol–water partition coefficient (Wildman–Crippen LogP) is -0.159. The van der Waals surface area contributed by atoms with Crippen molar-refractivity contribution in [1.29, 1.82) is 0 Å². The lowest BCUT2D eigenvalue weighted by Gasteiger charge is -2.35. The highest BCUT2D eigenvalue weighted by Crippen LogP contribution is 2.14. The molecule has 2 amide bonds. The Hall–Kier alpha value is -0.860. The van der Waals surface area contributed by atoms with Gasteiger partial charge in [0, 0.05) is 32.2 Å². The minimum Gasteiger partial charge on any atom is -0.375 e. The highest BCUT2D eigenvalue weighted by molar-refractivity contribution is 7.88. The SMILES string of the molecule is CC1CN(C(=O)NC2CCCN(S(C)(=O)=O)C2)CCO1. The van der Waals surface area contributed by atoms with Gasteiger partial charge in [-0.25, -0.2) is 17.5 Å². The van der Waals surface area contributed by atoms with Crippen LogP contribution in [0.2, 0.25) is 0 Å². The predicted molar refractivity (Wildman–Crippen MR) is 75.0 cm³/mol. The van der Waals surface area contributed by atoms with Crippen LogP contribution in [0.3, 0.4) is 0 Å². The zero-order chi connectivity index (χ0) is 14.8. The molecule has 0 aromatic rings. The lowest BCUT2D eigenvalue weighted by molar-refractivity contribution is -0.00409. The average molecular weight is 305 g/mol. The van der Waals surface area contributed by atoms with Gasteiger partial charge in [-0.3, -0.25) is 0 Å². The number of hydrogen-bond donors (Lipinski definition) is 1. The number of nitrogens with zero attached hydrogens (tertiary/aromatic N) is 2. The van der Waals surface area contributed by atoms with Gasteiger partial charge in [0.2, 0.25) is 10.0 Å². The molecule has 2 aliphatic rings. The minimum absolute atomic E-state index is 0.0494. The standard InChI is InChI=1S/C12H23N3O4S/c1-10-8-14(6-7-19-10)12(16)13-11-4-3-5-15(9-11)20(2,17)18/h10-11H,3-9H2,1-2H3,(H,13,16). The molecule has 2 fully saturated rings. The van der Waals surface area contributed by atoms with Crippen LogP contribution >= 0.6 is 0 Å². The first kappa shape index (κ1) is 15.5. The van der Waals surface area contributed by atoms with Gasteiger partial charge in [0.05, 0.1) is 19.0 Å². The van der Waals surface area contributed by atoms with Crippen molar-refractivity contribution in [3.8, 4) is 0 Å². The fraction of sp³-hybridized carbons (Fsp3) is 0.917. The maximum absolute atomic E-state index is 12.2. The van der Waals surface area contributed by atoms with Crippen LogP contribution in [0.4, 0.5) is 4.79 Å². The summed E-state index contributed by atoms with van der Waals surface area (Å²) in [6, 6.07) is -0.232. The number of morpholine rings is 1. The van der Waals surface area contributed by atoms with Crippen molar-refractivity contribution >= 4 is 16.1 Å². The number of sulfonamides is 1. The third-order valence-corrected chi connectivity index (χ3v) is 4.98.